The highest BCUT2D eigenvalue weighted by Gasteiger charge is 2.59. The van der Waals surface area contributed by atoms with Crippen molar-refractivity contribution in [2.24, 2.45) is 40.9 Å². The zero-order valence-corrected chi connectivity index (χ0v) is 25.2. The average Bonchev–Trinajstić information content (AvgIpc) is 3.39. The van der Waals surface area contributed by atoms with Crippen molar-refractivity contribution in [3.63, 3.8) is 0 Å². The van der Waals surface area contributed by atoms with Crippen molar-refractivity contribution in [3.8, 4) is 0 Å². The van der Waals surface area contributed by atoms with Crippen LogP contribution in [0.15, 0.2) is 41.5 Å². The van der Waals surface area contributed by atoms with Gasteiger partial charge in [0.1, 0.15) is 0 Å². The highest BCUT2D eigenvalue weighted by Crippen LogP contribution is 2.65. The van der Waals surface area contributed by atoms with Crippen LogP contribution in [-0.4, -0.2) is 36.4 Å². The fraction of sp³-hybridized carbons (Fsp3) is 0.743. The third-order valence-corrected chi connectivity index (χ3v) is 13.1. The summed E-state index contributed by atoms with van der Waals surface area (Å²) in [5.41, 5.74) is 4.83. The molecule has 0 bridgehead atoms. The summed E-state index contributed by atoms with van der Waals surface area (Å²) in [5.74, 6) is 4.45. The molecule has 0 aromatic heterocycles. The van der Waals surface area contributed by atoms with E-state index in [0.717, 1.165) is 55.2 Å². The molecule has 2 amide bonds. The van der Waals surface area contributed by atoms with E-state index in [1.807, 2.05) is 35.9 Å². The number of carbonyl (C=O) groups excluding carboxylic acids is 1. The second-order valence-corrected chi connectivity index (χ2v) is 15.0. The molecule has 5 nitrogen and oxygen atoms in total. The van der Waals surface area contributed by atoms with Crippen LogP contribution >= 0.6 is 0 Å². The Bertz CT molecular complexity index is 1150. The molecule has 1 aromatic rings. The summed E-state index contributed by atoms with van der Waals surface area (Å²) >= 11 is 0. The predicted octanol–water partition coefficient (Wildman–Crippen LogP) is 7.30. The first-order chi connectivity index (χ1) is 19.3. The normalized spacial score (nSPS) is 46.1. The molecule has 2 aliphatic heterocycles. The van der Waals surface area contributed by atoms with E-state index in [9.17, 15) is 4.79 Å². The third kappa shape index (κ3) is 4.45. The fourth-order valence-corrected chi connectivity index (χ4v) is 10.9. The first-order valence-corrected chi connectivity index (χ1v) is 16.5. The summed E-state index contributed by atoms with van der Waals surface area (Å²) in [7, 11) is 0. The number of hydrogen-bond acceptors (Lipinski definition) is 3. The Morgan fingerprint density at radius 3 is 2.67 bits per heavy atom. The topological polar surface area (TPSA) is 62.4 Å². The van der Waals surface area contributed by atoms with Crippen LogP contribution in [0.2, 0.25) is 0 Å². The lowest BCUT2D eigenvalue weighted by molar-refractivity contribution is -0.0739. The quantitative estimate of drug-likeness (QED) is 0.342. The van der Waals surface area contributed by atoms with Gasteiger partial charge in [0.25, 0.3) is 0 Å². The molecule has 0 radical (unpaired) electrons. The highest BCUT2D eigenvalue weighted by atomic mass is 16.5. The van der Waals surface area contributed by atoms with Gasteiger partial charge < -0.3 is 20.7 Å². The van der Waals surface area contributed by atoms with Crippen molar-refractivity contribution in [2.45, 2.75) is 116 Å². The zero-order valence-electron chi connectivity index (χ0n) is 25.2. The molecule has 2 saturated heterocycles. The fourth-order valence-electron chi connectivity index (χ4n) is 10.9. The van der Waals surface area contributed by atoms with Crippen LogP contribution < -0.4 is 16.0 Å². The van der Waals surface area contributed by atoms with Gasteiger partial charge in [-0.2, -0.15) is 0 Å². The Morgan fingerprint density at radius 1 is 1.02 bits per heavy atom. The number of ether oxygens (including phenoxy) is 1. The van der Waals surface area contributed by atoms with Gasteiger partial charge in [0, 0.05) is 30.2 Å². The smallest absolute Gasteiger partial charge is 0.319 e. The van der Waals surface area contributed by atoms with E-state index in [-0.39, 0.29) is 17.7 Å². The Morgan fingerprint density at radius 2 is 1.85 bits per heavy atom. The van der Waals surface area contributed by atoms with Crippen molar-refractivity contribution in [3.05, 3.63) is 41.5 Å². The summed E-state index contributed by atoms with van der Waals surface area (Å²) in [5, 5.41) is 10.1. The van der Waals surface area contributed by atoms with Crippen molar-refractivity contribution in [2.75, 3.05) is 11.9 Å². The number of hydrogen-bond donors (Lipinski definition) is 3. The van der Waals surface area contributed by atoms with Crippen LogP contribution in [0.1, 0.15) is 91.9 Å². The maximum absolute atomic E-state index is 12.7. The molecule has 1 spiro atoms. The zero-order chi connectivity index (χ0) is 27.6. The first kappa shape index (κ1) is 27.0. The number of piperidine rings is 1. The van der Waals surface area contributed by atoms with Crippen LogP contribution in [0, 0.1) is 40.9 Å². The Hall–Kier alpha value is -1.85. The molecule has 6 aliphatic rings. The van der Waals surface area contributed by atoms with Crippen molar-refractivity contribution >= 4 is 11.7 Å². The minimum atomic E-state index is -0.0558. The standard InChI is InChI=1S/C35H51N3O2/c1-21-19-35(23(3)30-20-36-22(2)16-32(30)40-35)15-13-27-28-11-10-24-17-26(12-14-34(24,4)31(28)18-29(21)27)38-33(39)37-25-8-6-5-7-9-25/h5-9,22-24,26-28,30-32,36H,10-20H2,1-4H3,(H2,37,38,39)/t22-,23+,24+,26-,27-,28-,30-,31-,32+,34-,35-/m0/s1. The van der Waals surface area contributed by atoms with Crippen LogP contribution in [-0.2, 0) is 4.74 Å². The van der Waals surface area contributed by atoms with E-state index >= 15 is 0 Å². The Kier molecular flexibility index (Phi) is 6.86. The number of urea groups is 1. The van der Waals surface area contributed by atoms with E-state index in [1.165, 1.54) is 44.9 Å². The second kappa shape index (κ2) is 10.2. The van der Waals surface area contributed by atoms with E-state index in [2.05, 4.69) is 43.6 Å². The Balaban J connectivity index is 1.04. The molecule has 3 saturated carbocycles. The van der Waals surface area contributed by atoms with E-state index in [1.54, 1.807) is 5.57 Å². The molecule has 3 N–H and O–H groups in total. The van der Waals surface area contributed by atoms with Gasteiger partial charge in [-0.25, -0.2) is 4.79 Å². The van der Waals surface area contributed by atoms with E-state index < -0.39 is 0 Å². The van der Waals surface area contributed by atoms with Crippen LogP contribution in [0.4, 0.5) is 10.5 Å². The van der Waals surface area contributed by atoms with Gasteiger partial charge in [-0.1, -0.05) is 43.2 Å². The molecule has 1 aromatic carbocycles. The number of benzene rings is 1. The number of fused-ring (bicyclic) bond motifs is 6. The molecular formula is C35H51N3O2. The van der Waals surface area contributed by atoms with Gasteiger partial charge >= 0.3 is 6.03 Å². The van der Waals surface area contributed by atoms with Crippen LogP contribution in [0.5, 0.6) is 0 Å². The molecule has 7 rings (SSSR count). The lowest BCUT2D eigenvalue weighted by atomic mass is 9.52. The predicted molar refractivity (Wildman–Crippen MR) is 161 cm³/mol. The lowest BCUT2D eigenvalue weighted by Gasteiger charge is -2.54. The van der Waals surface area contributed by atoms with E-state index in [4.69, 9.17) is 4.74 Å². The molecule has 4 aliphatic carbocycles. The summed E-state index contributed by atoms with van der Waals surface area (Å²) in [4.78, 5) is 12.7. The van der Waals surface area contributed by atoms with Gasteiger partial charge in [-0.15, -0.1) is 0 Å². The number of para-hydroxylation sites is 1. The molecular weight excluding hydrogens is 494 g/mol. The van der Waals surface area contributed by atoms with Gasteiger partial charge in [0.2, 0.25) is 0 Å². The molecule has 218 valence electrons. The maximum Gasteiger partial charge on any atom is 0.319 e. The summed E-state index contributed by atoms with van der Waals surface area (Å²) < 4.78 is 7.10. The minimum absolute atomic E-state index is 0.0558. The van der Waals surface area contributed by atoms with Gasteiger partial charge in [-0.3, -0.25) is 0 Å². The Labute approximate surface area is 241 Å². The monoisotopic (exact) mass is 545 g/mol. The van der Waals surface area contributed by atoms with Crippen molar-refractivity contribution in [1.82, 2.24) is 10.6 Å². The summed E-state index contributed by atoms with van der Waals surface area (Å²) in [6, 6.07) is 10.6. The first-order valence-electron chi connectivity index (χ1n) is 16.5. The third-order valence-electron chi connectivity index (χ3n) is 13.1. The molecule has 5 fully saturated rings. The largest absolute Gasteiger partial charge is 0.371 e. The summed E-state index contributed by atoms with van der Waals surface area (Å²) in [6.07, 6.45) is 12.8. The number of allylic oxidation sites excluding steroid dienone is 1. The highest BCUT2D eigenvalue weighted by molar-refractivity contribution is 5.89. The number of anilines is 1. The minimum Gasteiger partial charge on any atom is -0.371 e. The average molecular weight is 546 g/mol. The SMILES string of the molecule is CC1=C2C[C@H]3[C@@H](CC[C@@H]4C[C@@H](NC(=O)Nc5ccccc5)CC[C@@]43C)[C@@H]2CC[C@@]2(C1)O[C@@H]1C[C@H](C)NC[C@H]1[C@H]2C. The number of amides is 2. The number of rotatable bonds is 2. The molecule has 5 heteroatoms. The van der Waals surface area contributed by atoms with Gasteiger partial charge in [0.05, 0.1) is 11.7 Å². The second-order valence-electron chi connectivity index (χ2n) is 15.0. The lowest BCUT2D eigenvalue weighted by Crippen LogP contribution is -2.51. The molecule has 11 atom stereocenters. The summed E-state index contributed by atoms with van der Waals surface area (Å²) in [6.45, 7) is 11.0. The van der Waals surface area contributed by atoms with E-state index in [0.29, 0.717) is 29.4 Å². The number of nitrogens with one attached hydrogen (secondary N) is 3. The van der Waals surface area contributed by atoms with Crippen LogP contribution in [0.3, 0.4) is 0 Å². The maximum atomic E-state index is 12.7. The number of carbonyl (C=O) groups is 1. The molecule has 40 heavy (non-hydrogen) atoms. The van der Waals surface area contributed by atoms with Crippen molar-refractivity contribution in [1.29, 1.82) is 0 Å². The van der Waals surface area contributed by atoms with Crippen LogP contribution in [0.25, 0.3) is 0 Å². The molecule has 2 heterocycles. The van der Waals surface area contributed by atoms with Gasteiger partial charge in [-0.05, 0) is 125 Å². The molecule has 0 unspecified atom stereocenters. The van der Waals surface area contributed by atoms with Crippen molar-refractivity contribution < 1.29 is 9.53 Å². The van der Waals surface area contributed by atoms with Gasteiger partial charge in [0.15, 0.2) is 0 Å².